The topological polar surface area (TPSA) is 139 Å². The fraction of sp³-hybridized carbons (Fsp3) is 0.325. The van der Waals surface area contributed by atoms with Crippen molar-refractivity contribution in [1.82, 2.24) is 38.9 Å². The lowest BCUT2D eigenvalue weighted by molar-refractivity contribution is -0.142. The first kappa shape index (κ1) is 34.6. The van der Waals surface area contributed by atoms with Gasteiger partial charge in [0.1, 0.15) is 22.0 Å². The highest BCUT2D eigenvalue weighted by Gasteiger charge is 2.42. The van der Waals surface area contributed by atoms with Crippen LogP contribution in [-0.4, -0.2) is 87.6 Å². The summed E-state index contributed by atoms with van der Waals surface area (Å²) in [5, 5.41) is 12.9. The van der Waals surface area contributed by atoms with Crippen molar-refractivity contribution >= 4 is 34.2 Å². The molecule has 1 N–H and O–H groups in total. The molecule has 2 aliphatic rings. The Hall–Kier alpha value is -5.53. The molecule has 0 bridgehead atoms. The summed E-state index contributed by atoms with van der Waals surface area (Å²) >= 11 is 1.38. The van der Waals surface area contributed by atoms with Crippen molar-refractivity contribution in [3.63, 3.8) is 0 Å². The Labute approximate surface area is 310 Å². The second-order valence-corrected chi connectivity index (χ2v) is 15.1. The number of likely N-dealkylation sites (tertiary alicyclic amines) is 2. The predicted octanol–water partition coefficient (Wildman–Crippen LogP) is 5.02. The van der Waals surface area contributed by atoms with Crippen molar-refractivity contribution in [3.05, 3.63) is 124 Å². The molecule has 8 rings (SSSR count). The molecule has 2 atom stereocenters. The summed E-state index contributed by atoms with van der Waals surface area (Å²) in [6.07, 6.45) is 7.90. The molecule has 0 spiro atoms. The first-order valence-corrected chi connectivity index (χ1v) is 18.7. The third-order valence-corrected chi connectivity index (χ3v) is 11.8. The van der Waals surface area contributed by atoms with E-state index < -0.39 is 5.60 Å². The van der Waals surface area contributed by atoms with E-state index in [0.29, 0.717) is 72.9 Å². The van der Waals surface area contributed by atoms with Gasteiger partial charge in [-0.1, -0.05) is 36.4 Å². The molecule has 270 valence electrons. The predicted molar refractivity (Wildman–Crippen MR) is 202 cm³/mol. The van der Waals surface area contributed by atoms with E-state index >= 15 is 0 Å². The summed E-state index contributed by atoms with van der Waals surface area (Å²) in [5.74, 6) is 0.118. The van der Waals surface area contributed by atoms with Gasteiger partial charge in [-0.2, -0.15) is 0 Å². The highest BCUT2D eigenvalue weighted by Crippen LogP contribution is 2.37. The van der Waals surface area contributed by atoms with Gasteiger partial charge in [0.2, 0.25) is 5.91 Å². The minimum atomic E-state index is -1.17. The van der Waals surface area contributed by atoms with Crippen LogP contribution in [0.4, 0.5) is 0 Å². The van der Waals surface area contributed by atoms with E-state index in [1.165, 1.54) is 22.2 Å². The monoisotopic (exact) mass is 728 g/mol. The molecule has 6 aromatic rings. The summed E-state index contributed by atoms with van der Waals surface area (Å²) in [6.45, 7) is 5.48. The number of aromatic nitrogens is 6. The number of rotatable bonds is 7. The molecule has 5 aromatic heterocycles. The van der Waals surface area contributed by atoms with Gasteiger partial charge >= 0.3 is 0 Å². The average Bonchev–Trinajstić information content (AvgIpc) is 3.80. The number of aryl methyl sites for hydroxylation is 2. The van der Waals surface area contributed by atoms with Gasteiger partial charge in [0, 0.05) is 67.9 Å². The molecule has 1 aromatic carbocycles. The summed E-state index contributed by atoms with van der Waals surface area (Å²) in [7, 11) is 0. The van der Waals surface area contributed by atoms with Crippen LogP contribution < -0.4 is 5.56 Å². The Morgan fingerprint density at radius 1 is 0.925 bits per heavy atom. The molecule has 2 fully saturated rings. The molecular formula is C40H40N8O4S. The Bertz CT molecular complexity index is 2330. The fourth-order valence-corrected chi connectivity index (χ4v) is 8.65. The van der Waals surface area contributed by atoms with E-state index in [1.54, 1.807) is 29.2 Å². The Morgan fingerprint density at radius 2 is 1.72 bits per heavy atom. The van der Waals surface area contributed by atoms with E-state index in [2.05, 4.69) is 15.0 Å². The molecule has 0 saturated carbocycles. The number of carbonyl (C=O) groups excluding carboxylic acids is 2. The maximum Gasteiger partial charge on any atom is 0.265 e. The van der Waals surface area contributed by atoms with Crippen LogP contribution in [0.2, 0.25) is 0 Å². The van der Waals surface area contributed by atoms with Crippen LogP contribution in [0.15, 0.2) is 96.4 Å². The largest absolute Gasteiger partial charge is 0.388 e. The SMILES string of the molecule is Cc1ccc(-c2nc(C)c(C(=O)N3CC[C@@H](C(=O)N4CCC(O)(Cn5cnc6c(ccn6-c6ccccn6)c5=O)CC4)[C@H](c4ccccc4)C3)s2)cn1. The number of hydrogen-bond acceptors (Lipinski definition) is 9. The van der Waals surface area contributed by atoms with Crippen LogP contribution in [0, 0.1) is 19.8 Å². The average molecular weight is 729 g/mol. The van der Waals surface area contributed by atoms with Crippen molar-refractivity contribution in [2.75, 3.05) is 26.2 Å². The van der Waals surface area contributed by atoms with Crippen LogP contribution in [0.25, 0.3) is 27.4 Å². The maximum absolute atomic E-state index is 14.3. The number of benzene rings is 1. The molecule has 53 heavy (non-hydrogen) atoms. The minimum Gasteiger partial charge on any atom is -0.388 e. The van der Waals surface area contributed by atoms with Crippen LogP contribution in [0.3, 0.4) is 0 Å². The van der Waals surface area contributed by atoms with E-state index in [9.17, 15) is 19.5 Å². The van der Waals surface area contributed by atoms with Crippen LogP contribution in [0.1, 0.15) is 51.8 Å². The van der Waals surface area contributed by atoms with Crippen molar-refractivity contribution in [1.29, 1.82) is 0 Å². The molecule has 2 aliphatic heterocycles. The number of aliphatic hydroxyl groups is 1. The second kappa shape index (κ2) is 14.1. The number of thiazole rings is 1. The van der Waals surface area contributed by atoms with Gasteiger partial charge in [0.25, 0.3) is 11.5 Å². The standard InChI is InChI=1S/C40H40N8O4S/c1-26-11-12-29(22-42-26)36-44-27(2)34(53-36)39(51)46-18-13-30(32(23-46)28-8-4-3-5-9-28)37(49)45-20-15-40(52,16-21-45)24-47-25-43-35-31(38(47)50)14-19-48(35)33-10-6-7-17-41-33/h3-12,14,17,19,22,25,30,32,52H,13,15-16,18,20-21,23-24H2,1-2H3/t30-,32+/m1/s1. The summed E-state index contributed by atoms with van der Waals surface area (Å²) in [6, 6.07) is 21.1. The number of nitrogens with zero attached hydrogens (tertiary/aromatic N) is 8. The van der Waals surface area contributed by atoms with Gasteiger partial charge in [-0.15, -0.1) is 11.3 Å². The zero-order chi connectivity index (χ0) is 36.7. The zero-order valence-corrected chi connectivity index (χ0v) is 30.4. The van der Waals surface area contributed by atoms with E-state index in [0.717, 1.165) is 21.8 Å². The lowest BCUT2D eigenvalue weighted by atomic mass is 9.79. The lowest BCUT2D eigenvalue weighted by Gasteiger charge is -2.43. The highest BCUT2D eigenvalue weighted by molar-refractivity contribution is 7.17. The van der Waals surface area contributed by atoms with E-state index in [4.69, 9.17) is 4.98 Å². The molecule has 0 unspecified atom stereocenters. The number of amides is 2. The molecule has 2 amide bonds. The minimum absolute atomic E-state index is 0.0345. The van der Waals surface area contributed by atoms with Gasteiger partial charge in [0.15, 0.2) is 5.65 Å². The quantitative estimate of drug-likeness (QED) is 0.242. The summed E-state index contributed by atoms with van der Waals surface area (Å²) in [5.41, 5.74) is 2.59. The van der Waals surface area contributed by atoms with E-state index in [1.807, 2.05) is 84.3 Å². The number of hydrogen-bond donors (Lipinski definition) is 1. The van der Waals surface area contributed by atoms with Crippen molar-refractivity contribution in [2.24, 2.45) is 5.92 Å². The van der Waals surface area contributed by atoms with Gasteiger partial charge in [0.05, 0.1) is 23.2 Å². The van der Waals surface area contributed by atoms with Crippen molar-refractivity contribution < 1.29 is 14.7 Å². The first-order chi connectivity index (χ1) is 25.7. The highest BCUT2D eigenvalue weighted by atomic mass is 32.1. The number of fused-ring (bicyclic) bond motifs is 1. The number of pyridine rings is 2. The Kier molecular flexibility index (Phi) is 9.21. The van der Waals surface area contributed by atoms with Crippen molar-refractivity contribution in [2.45, 2.75) is 51.2 Å². The fourth-order valence-electron chi connectivity index (χ4n) is 7.63. The third-order valence-electron chi connectivity index (χ3n) is 10.6. The maximum atomic E-state index is 14.3. The number of piperidine rings is 2. The number of carbonyl (C=O) groups is 2. The van der Waals surface area contributed by atoms with Crippen LogP contribution in [-0.2, 0) is 11.3 Å². The van der Waals surface area contributed by atoms with E-state index in [-0.39, 0.29) is 35.8 Å². The normalized spacial score (nSPS) is 18.7. The Morgan fingerprint density at radius 3 is 2.45 bits per heavy atom. The molecule has 0 aliphatic carbocycles. The Balaban J connectivity index is 0.954. The van der Waals surface area contributed by atoms with Gasteiger partial charge in [-0.25, -0.2) is 15.0 Å². The van der Waals surface area contributed by atoms with Gasteiger partial charge in [-0.3, -0.25) is 28.5 Å². The molecule has 13 heteroatoms. The van der Waals surface area contributed by atoms with Gasteiger partial charge < -0.3 is 14.9 Å². The molecule has 2 saturated heterocycles. The molecular weight excluding hydrogens is 689 g/mol. The molecule has 0 radical (unpaired) electrons. The zero-order valence-electron chi connectivity index (χ0n) is 29.6. The smallest absolute Gasteiger partial charge is 0.265 e. The summed E-state index contributed by atoms with van der Waals surface area (Å²) in [4.78, 5) is 64.0. The molecule has 7 heterocycles. The first-order valence-electron chi connectivity index (χ1n) is 17.9. The van der Waals surface area contributed by atoms with Crippen molar-refractivity contribution in [3.8, 4) is 16.4 Å². The summed E-state index contributed by atoms with van der Waals surface area (Å²) < 4.78 is 3.23. The van der Waals surface area contributed by atoms with Crippen LogP contribution in [0.5, 0.6) is 0 Å². The van der Waals surface area contributed by atoms with Gasteiger partial charge in [-0.05, 0) is 69.0 Å². The lowest BCUT2D eigenvalue weighted by Crippen LogP contribution is -2.53. The second-order valence-electron chi connectivity index (χ2n) is 14.1. The van der Waals surface area contributed by atoms with Crippen LogP contribution >= 0.6 is 11.3 Å². The molecule has 12 nitrogen and oxygen atoms in total. The third kappa shape index (κ3) is 6.77.